The van der Waals surface area contributed by atoms with Crippen molar-refractivity contribution in [2.45, 2.75) is 0 Å². The van der Waals surface area contributed by atoms with Gasteiger partial charge < -0.3 is 0 Å². The van der Waals surface area contributed by atoms with Crippen LogP contribution >= 0.6 is 43.2 Å². The van der Waals surface area contributed by atoms with E-state index in [1.807, 2.05) is 48.5 Å². The zero-order valence-electron chi connectivity index (χ0n) is 12.3. The Bertz CT molecular complexity index is 906. The van der Waals surface area contributed by atoms with E-state index in [2.05, 4.69) is 61.0 Å². The number of benzene rings is 2. The summed E-state index contributed by atoms with van der Waals surface area (Å²) in [6.45, 7) is 0. The zero-order valence-corrected chi connectivity index (χ0v) is 16.3. The normalized spacial score (nSPS) is 10.6. The van der Waals surface area contributed by atoms with Crippen molar-refractivity contribution in [1.82, 2.24) is 4.98 Å². The molecule has 2 nitrogen and oxygen atoms in total. The van der Waals surface area contributed by atoms with Gasteiger partial charge in [-0.15, -0.1) is 0 Å². The minimum absolute atomic E-state index is 0.906. The second kappa shape index (κ2) is 6.56. The molecule has 116 valence electrons. The van der Waals surface area contributed by atoms with Crippen LogP contribution in [0.5, 0.6) is 0 Å². The second-order valence-corrected chi connectivity index (χ2v) is 7.75. The smallest absolute Gasteiger partial charge is 0.195 e. The summed E-state index contributed by atoms with van der Waals surface area (Å²) >= 11 is 8.88. The average Bonchev–Trinajstić information content (AvgIpc) is 3.07. The first-order valence-electron chi connectivity index (χ1n) is 7.21. The van der Waals surface area contributed by atoms with Crippen molar-refractivity contribution >= 4 is 69.9 Å². The molecule has 0 saturated carbocycles. The van der Waals surface area contributed by atoms with E-state index in [4.69, 9.17) is 4.98 Å². The van der Waals surface area contributed by atoms with Crippen LogP contribution in [0.15, 0.2) is 69.6 Å². The van der Waals surface area contributed by atoms with E-state index >= 15 is 0 Å². The fraction of sp³-hybridized carbons (Fsp3) is 0. The van der Waals surface area contributed by atoms with Crippen LogP contribution in [0.2, 0.25) is 0 Å². The van der Waals surface area contributed by atoms with Crippen molar-refractivity contribution in [1.29, 1.82) is 0 Å². The lowest BCUT2D eigenvalue weighted by Crippen LogP contribution is -2.08. The molecule has 1 aromatic heterocycles. The number of fused-ring (bicyclic) bond motifs is 1. The van der Waals surface area contributed by atoms with E-state index < -0.39 is 0 Å². The maximum Gasteiger partial charge on any atom is 0.195 e. The maximum atomic E-state index is 4.87. The van der Waals surface area contributed by atoms with Gasteiger partial charge in [-0.2, -0.15) is 0 Å². The van der Waals surface area contributed by atoms with Crippen molar-refractivity contribution in [2.75, 3.05) is 4.90 Å². The molecule has 0 unspecified atom stereocenters. The molecule has 0 radical (unpaired) electrons. The van der Waals surface area contributed by atoms with Gasteiger partial charge in [0.2, 0.25) is 0 Å². The summed E-state index contributed by atoms with van der Waals surface area (Å²) in [5.74, 6) is 0. The van der Waals surface area contributed by atoms with Crippen LogP contribution in [0.1, 0.15) is 0 Å². The molecule has 5 heteroatoms. The molecule has 0 bridgehead atoms. The highest BCUT2D eigenvalue weighted by molar-refractivity contribution is 9.11. The predicted molar refractivity (Wildman–Crippen MR) is 107 cm³/mol. The number of halogens is 2. The van der Waals surface area contributed by atoms with Gasteiger partial charge >= 0.3 is 0 Å². The molecule has 0 N–H and O–H groups in total. The van der Waals surface area contributed by atoms with Crippen molar-refractivity contribution in [2.24, 2.45) is 0 Å². The molecule has 4 aromatic rings. The lowest BCUT2D eigenvalue weighted by Gasteiger charge is -2.21. The summed E-state index contributed by atoms with van der Waals surface area (Å²) in [4.78, 5) is 7.00. The van der Waals surface area contributed by atoms with Crippen LogP contribution in [-0.2, 0) is 0 Å². The van der Waals surface area contributed by atoms with Gasteiger partial charge in [-0.1, -0.05) is 41.7 Å². The van der Waals surface area contributed by atoms with E-state index in [1.165, 1.54) is 0 Å². The fourth-order valence-corrected chi connectivity index (χ4v) is 4.61. The van der Waals surface area contributed by atoms with Crippen LogP contribution in [-0.4, -0.2) is 4.98 Å². The average molecular weight is 458 g/mol. The summed E-state index contributed by atoms with van der Waals surface area (Å²) in [7, 11) is 0. The first kappa shape index (κ1) is 15.6. The summed E-state index contributed by atoms with van der Waals surface area (Å²) < 4.78 is 3.15. The standard InChI is InChI=1S/C19H10Br2N2S/c20-15-11-12-16(21)18-17(15)22-19(24-18)23(13-7-3-1-4-8-13)14-9-5-2-6-10-14/h1,3-5,7-12H. The first-order valence-corrected chi connectivity index (χ1v) is 9.62. The quantitative estimate of drug-likeness (QED) is 0.333. The molecule has 24 heavy (non-hydrogen) atoms. The van der Waals surface area contributed by atoms with Gasteiger partial charge in [0.25, 0.3) is 0 Å². The van der Waals surface area contributed by atoms with Gasteiger partial charge in [-0.05, 0) is 68.3 Å². The number of hydrogen-bond donors (Lipinski definition) is 0. The lowest BCUT2D eigenvalue weighted by molar-refractivity contribution is 1.25. The van der Waals surface area contributed by atoms with Gasteiger partial charge in [0, 0.05) is 20.7 Å². The van der Waals surface area contributed by atoms with Gasteiger partial charge in [-0.3, -0.25) is 4.90 Å². The minimum Gasteiger partial charge on any atom is -0.286 e. The van der Waals surface area contributed by atoms with Crippen molar-refractivity contribution in [3.8, 4) is 0 Å². The van der Waals surface area contributed by atoms with E-state index in [-0.39, 0.29) is 0 Å². The molecule has 0 aliphatic rings. The van der Waals surface area contributed by atoms with Crippen molar-refractivity contribution in [3.63, 3.8) is 0 Å². The Morgan fingerprint density at radius 3 is 2.38 bits per heavy atom. The summed E-state index contributed by atoms with van der Waals surface area (Å²) in [6, 6.07) is 26.0. The maximum absolute atomic E-state index is 4.87. The number of hydrogen-bond acceptors (Lipinski definition) is 3. The third-order valence-electron chi connectivity index (χ3n) is 3.54. The topological polar surface area (TPSA) is 16.1 Å². The number of nitrogens with zero attached hydrogens (tertiary/aromatic N) is 2. The van der Waals surface area contributed by atoms with Gasteiger partial charge in [0.1, 0.15) is 0 Å². The summed E-state index contributed by atoms with van der Waals surface area (Å²) in [5.41, 5.74) is 3.02. The molecule has 0 saturated heterocycles. The van der Waals surface area contributed by atoms with Gasteiger partial charge in [0.05, 0.1) is 15.9 Å². The lowest BCUT2D eigenvalue weighted by atomic mass is 10.2. The molecule has 0 fully saturated rings. The fourth-order valence-electron chi connectivity index (χ4n) is 2.45. The Hall–Kier alpha value is -1.87. The second-order valence-electron chi connectivity index (χ2n) is 5.07. The van der Waals surface area contributed by atoms with Crippen LogP contribution in [0.3, 0.4) is 0 Å². The third kappa shape index (κ3) is 2.82. The first-order chi connectivity index (χ1) is 11.7. The van der Waals surface area contributed by atoms with Gasteiger partial charge in [0.15, 0.2) is 5.13 Å². The number of thiazole rings is 1. The Morgan fingerprint density at radius 1 is 0.875 bits per heavy atom. The molecule has 0 atom stereocenters. The Morgan fingerprint density at radius 2 is 1.67 bits per heavy atom. The predicted octanol–water partition coefficient (Wildman–Crippen LogP) is 6.89. The molecular formula is C19H10Br2N2S. The van der Waals surface area contributed by atoms with E-state index in [0.717, 1.165) is 35.7 Å². The molecule has 1 heterocycles. The largest absolute Gasteiger partial charge is 0.286 e. The number of anilines is 3. The van der Waals surface area contributed by atoms with E-state index in [1.54, 1.807) is 11.3 Å². The molecule has 0 amide bonds. The van der Waals surface area contributed by atoms with Crippen LogP contribution in [0.4, 0.5) is 16.5 Å². The summed E-state index contributed by atoms with van der Waals surface area (Å²) in [5, 5.41) is 0.906. The number of para-hydroxylation sites is 1. The van der Waals surface area contributed by atoms with E-state index in [9.17, 15) is 0 Å². The highest BCUT2D eigenvalue weighted by atomic mass is 79.9. The zero-order chi connectivity index (χ0) is 16.5. The van der Waals surface area contributed by atoms with Crippen LogP contribution in [0, 0.1) is 12.1 Å². The molecule has 4 rings (SSSR count). The number of rotatable bonds is 3. The Balaban J connectivity index is 1.95. The van der Waals surface area contributed by atoms with Crippen LogP contribution in [0.25, 0.3) is 10.2 Å². The monoisotopic (exact) mass is 456 g/mol. The minimum atomic E-state index is 0.906. The van der Waals surface area contributed by atoms with Gasteiger partial charge in [-0.25, -0.2) is 4.98 Å². The highest BCUT2D eigenvalue weighted by Gasteiger charge is 2.18. The molecule has 0 spiro atoms. The molecule has 0 aliphatic heterocycles. The van der Waals surface area contributed by atoms with E-state index in [0.29, 0.717) is 0 Å². The SMILES string of the molecule is Brc1ccc(Br)c2sc(N(c3cc#ccc3)c3ccccc3)nc12. The highest BCUT2D eigenvalue weighted by Crippen LogP contribution is 2.42. The Kier molecular flexibility index (Phi) is 4.28. The number of aromatic nitrogens is 1. The molecule has 0 aliphatic carbocycles. The van der Waals surface area contributed by atoms with Crippen molar-refractivity contribution in [3.05, 3.63) is 81.7 Å². The molecular weight excluding hydrogens is 448 g/mol. The summed E-state index contributed by atoms with van der Waals surface area (Å²) in [6.07, 6.45) is 0. The van der Waals surface area contributed by atoms with Crippen LogP contribution < -0.4 is 4.90 Å². The molecule has 3 aromatic carbocycles. The third-order valence-corrected chi connectivity index (χ3v) is 6.18. The Labute approximate surface area is 161 Å². The van der Waals surface area contributed by atoms with Crippen molar-refractivity contribution < 1.29 is 0 Å².